The lowest BCUT2D eigenvalue weighted by Gasteiger charge is -2.30. The number of rotatable bonds is 3. The van der Waals surface area contributed by atoms with Crippen molar-refractivity contribution in [3.05, 3.63) is 0 Å². The molecule has 1 aliphatic rings. The van der Waals surface area contributed by atoms with Crippen molar-refractivity contribution in [2.24, 2.45) is 5.92 Å². The monoisotopic (exact) mass is 171 g/mol. The van der Waals surface area contributed by atoms with Crippen LogP contribution in [0.4, 0.5) is 0 Å². The molecular weight excluding hydrogens is 150 g/mol. The molecule has 2 unspecified atom stereocenters. The smallest absolute Gasteiger partial charge is 0.0625 e. The van der Waals surface area contributed by atoms with E-state index in [4.69, 9.17) is 4.74 Å². The minimum absolute atomic E-state index is 0.362. The molecule has 0 aromatic rings. The molecule has 1 fully saturated rings. The highest BCUT2D eigenvalue weighted by atomic mass is 16.5. The van der Waals surface area contributed by atoms with Gasteiger partial charge in [0.2, 0.25) is 0 Å². The lowest BCUT2D eigenvalue weighted by molar-refractivity contribution is 0.0437. The highest BCUT2D eigenvalue weighted by Gasteiger charge is 2.20. The van der Waals surface area contributed by atoms with E-state index in [-0.39, 0.29) is 0 Å². The third kappa shape index (κ3) is 3.11. The molecule has 0 aromatic carbocycles. The average molecular weight is 171 g/mol. The first-order valence-corrected chi connectivity index (χ1v) is 5.05. The van der Waals surface area contributed by atoms with Gasteiger partial charge in [-0.05, 0) is 39.2 Å². The molecule has 0 bridgehead atoms. The average Bonchev–Trinajstić information content (AvgIpc) is 2.03. The van der Waals surface area contributed by atoms with Crippen LogP contribution in [0.15, 0.2) is 0 Å². The Kier molecular flexibility index (Phi) is 4.02. The van der Waals surface area contributed by atoms with Gasteiger partial charge in [-0.3, -0.25) is 0 Å². The van der Waals surface area contributed by atoms with Gasteiger partial charge in [0, 0.05) is 6.04 Å². The zero-order valence-corrected chi connectivity index (χ0v) is 8.47. The summed E-state index contributed by atoms with van der Waals surface area (Å²) in [5.74, 6) is 0.775. The van der Waals surface area contributed by atoms with Crippen LogP contribution in [0.2, 0.25) is 0 Å². The first-order chi connectivity index (χ1) is 5.70. The molecule has 1 saturated heterocycles. The number of hydrogen-bond acceptors (Lipinski definition) is 2. The zero-order valence-electron chi connectivity index (χ0n) is 8.47. The van der Waals surface area contributed by atoms with Crippen molar-refractivity contribution in [3.63, 3.8) is 0 Å². The van der Waals surface area contributed by atoms with Gasteiger partial charge in [-0.1, -0.05) is 6.92 Å². The molecule has 2 heteroatoms. The Hall–Kier alpha value is -0.0800. The summed E-state index contributed by atoms with van der Waals surface area (Å²) >= 11 is 0. The SMILES string of the molecule is CC(C)OCC1NCCCC1C. The summed E-state index contributed by atoms with van der Waals surface area (Å²) in [7, 11) is 0. The van der Waals surface area contributed by atoms with Gasteiger partial charge in [0.1, 0.15) is 0 Å². The number of piperidine rings is 1. The van der Waals surface area contributed by atoms with Crippen molar-refractivity contribution in [2.45, 2.75) is 45.8 Å². The summed E-state index contributed by atoms with van der Waals surface area (Å²) in [6.45, 7) is 8.52. The van der Waals surface area contributed by atoms with Crippen LogP contribution in [0, 0.1) is 5.92 Å². The van der Waals surface area contributed by atoms with E-state index in [2.05, 4.69) is 26.1 Å². The fourth-order valence-corrected chi connectivity index (χ4v) is 1.63. The third-order valence-electron chi connectivity index (χ3n) is 2.54. The summed E-state index contributed by atoms with van der Waals surface area (Å²) < 4.78 is 5.59. The molecule has 72 valence electrons. The summed E-state index contributed by atoms with van der Waals surface area (Å²) in [4.78, 5) is 0. The Balaban J connectivity index is 2.20. The predicted octanol–water partition coefficient (Wildman–Crippen LogP) is 1.80. The third-order valence-corrected chi connectivity index (χ3v) is 2.54. The van der Waals surface area contributed by atoms with Crippen LogP contribution in [-0.2, 0) is 4.74 Å². The fraction of sp³-hybridized carbons (Fsp3) is 1.00. The van der Waals surface area contributed by atoms with Crippen LogP contribution in [0.25, 0.3) is 0 Å². The maximum Gasteiger partial charge on any atom is 0.0625 e. The van der Waals surface area contributed by atoms with Crippen molar-refractivity contribution in [1.29, 1.82) is 0 Å². The molecule has 12 heavy (non-hydrogen) atoms. The van der Waals surface area contributed by atoms with Gasteiger partial charge >= 0.3 is 0 Å². The van der Waals surface area contributed by atoms with Gasteiger partial charge in [-0.15, -0.1) is 0 Å². The van der Waals surface area contributed by atoms with E-state index < -0.39 is 0 Å². The van der Waals surface area contributed by atoms with Crippen LogP contribution in [0.1, 0.15) is 33.6 Å². The van der Waals surface area contributed by atoms with Crippen LogP contribution in [0.5, 0.6) is 0 Å². The van der Waals surface area contributed by atoms with E-state index >= 15 is 0 Å². The molecule has 0 spiro atoms. The molecule has 1 heterocycles. The van der Waals surface area contributed by atoms with E-state index in [0.717, 1.165) is 19.1 Å². The normalized spacial score (nSPS) is 31.0. The van der Waals surface area contributed by atoms with E-state index in [1.54, 1.807) is 0 Å². The minimum Gasteiger partial charge on any atom is -0.377 e. The van der Waals surface area contributed by atoms with Gasteiger partial charge in [0.05, 0.1) is 12.7 Å². The first-order valence-electron chi connectivity index (χ1n) is 5.05. The lowest BCUT2D eigenvalue weighted by Crippen LogP contribution is -2.43. The second-order valence-corrected chi connectivity index (χ2v) is 4.06. The van der Waals surface area contributed by atoms with Crippen molar-refractivity contribution < 1.29 is 4.74 Å². The summed E-state index contributed by atoms with van der Waals surface area (Å²) in [6, 6.07) is 0.584. The van der Waals surface area contributed by atoms with Crippen molar-refractivity contribution >= 4 is 0 Å². The van der Waals surface area contributed by atoms with E-state index in [1.807, 2.05) is 0 Å². The minimum atomic E-state index is 0.362. The Bertz CT molecular complexity index is 125. The van der Waals surface area contributed by atoms with Crippen molar-refractivity contribution in [3.8, 4) is 0 Å². The number of nitrogens with one attached hydrogen (secondary N) is 1. The molecule has 0 saturated carbocycles. The lowest BCUT2D eigenvalue weighted by atomic mass is 9.93. The molecule has 2 atom stereocenters. The number of ether oxygens (including phenoxy) is 1. The van der Waals surface area contributed by atoms with E-state index in [9.17, 15) is 0 Å². The van der Waals surface area contributed by atoms with Crippen LogP contribution < -0.4 is 5.32 Å². The Morgan fingerprint density at radius 1 is 1.50 bits per heavy atom. The predicted molar refractivity (Wildman–Crippen MR) is 51.3 cm³/mol. The zero-order chi connectivity index (χ0) is 8.97. The second-order valence-electron chi connectivity index (χ2n) is 4.06. The summed E-state index contributed by atoms with van der Waals surface area (Å²) in [6.07, 6.45) is 3.03. The maximum absolute atomic E-state index is 5.59. The largest absolute Gasteiger partial charge is 0.377 e. The summed E-state index contributed by atoms with van der Waals surface area (Å²) in [5.41, 5.74) is 0. The molecule has 1 rings (SSSR count). The number of hydrogen-bond donors (Lipinski definition) is 1. The van der Waals surface area contributed by atoms with Gasteiger partial charge in [-0.2, -0.15) is 0 Å². The standard InChI is InChI=1S/C10H21NO/c1-8(2)12-7-10-9(3)5-4-6-11-10/h8-11H,4-7H2,1-3H3. The molecule has 0 aliphatic carbocycles. The van der Waals surface area contributed by atoms with Crippen molar-refractivity contribution in [2.75, 3.05) is 13.2 Å². The van der Waals surface area contributed by atoms with Crippen LogP contribution >= 0.6 is 0 Å². The highest BCUT2D eigenvalue weighted by molar-refractivity contribution is 4.77. The van der Waals surface area contributed by atoms with E-state index in [0.29, 0.717) is 12.1 Å². The first kappa shape index (κ1) is 10.0. The quantitative estimate of drug-likeness (QED) is 0.699. The highest BCUT2D eigenvalue weighted by Crippen LogP contribution is 2.15. The summed E-state index contributed by atoms with van der Waals surface area (Å²) in [5, 5.41) is 3.50. The van der Waals surface area contributed by atoms with Crippen molar-refractivity contribution in [1.82, 2.24) is 5.32 Å². The molecule has 0 amide bonds. The van der Waals surface area contributed by atoms with Gasteiger partial charge in [0.15, 0.2) is 0 Å². The Morgan fingerprint density at radius 2 is 2.25 bits per heavy atom. The topological polar surface area (TPSA) is 21.3 Å². The maximum atomic E-state index is 5.59. The molecule has 0 radical (unpaired) electrons. The fourth-order valence-electron chi connectivity index (χ4n) is 1.63. The molecule has 1 N–H and O–H groups in total. The molecule has 0 aromatic heterocycles. The molecule has 2 nitrogen and oxygen atoms in total. The van der Waals surface area contributed by atoms with Gasteiger partial charge < -0.3 is 10.1 Å². The molecule has 1 aliphatic heterocycles. The van der Waals surface area contributed by atoms with E-state index in [1.165, 1.54) is 12.8 Å². The Labute approximate surface area is 75.7 Å². The van der Waals surface area contributed by atoms with Gasteiger partial charge in [0.25, 0.3) is 0 Å². The van der Waals surface area contributed by atoms with Crippen LogP contribution in [-0.4, -0.2) is 25.3 Å². The second kappa shape index (κ2) is 4.83. The van der Waals surface area contributed by atoms with Crippen LogP contribution in [0.3, 0.4) is 0 Å². The van der Waals surface area contributed by atoms with Gasteiger partial charge in [-0.25, -0.2) is 0 Å². The Morgan fingerprint density at radius 3 is 2.83 bits per heavy atom. The molecular formula is C10H21NO.